The number of thioether (sulfide) groups is 1. The summed E-state index contributed by atoms with van der Waals surface area (Å²) in [5, 5.41) is 3.14. The van der Waals surface area contributed by atoms with Crippen molar-refractivity contribution >= 4 is 39.8 Å². The molecule has 0 aliphatic heterocycles. The van der Waals surface area contributed by atoms with Gasteiger partial charge in [-0.05, 0) is 30.0 Å². The topological polar surface area (TPSA) is 52.0 Å². The number of ketones is 1. The standard InChI is InChI=1S/C18H18N2O2S2/c1-2-3-10-20-17(22)13-7-4-5-8-14(13)19-18(20)24-12-15(21)16-9-6-11-23-16/h4-9,11H,2-3,10,12H2,1H3. The van der Waals surface area contributed by atoms with E-state index in [1.165, 1.54) is 23.1 Å². The number of hydrogen-bond donors (Lipinski definition) is 0. The molecule has 3 aromatic rings. The molecule has 0 bridgehead atoms. The van der Waals surface area contributed by atoms with Gasteiger partial charge in [0.15, 0.2) is 10.9 Å². The number of hydrogen-bond acceptors (Lipinski definition) is 5. The van der Waals surface area contributed by atoms with Gasteiger partial charge in [0.05, 0.1) is 21.5 Å². The van der Waals surface area contributed by atoms with Gasteiger partial charge in [-0.3, -0.25) is 14.2 Å². The second-order valence-electron chi connectivity index (χ2n) is 5.41. The van der Waals surface area contributed by atoms with Crippen molar-refractivity contribution < 1.29 is 4.79 Å². The van der Waals surface area contributed by atoms with Gasteiger partial charge in [0.1, 0.15) is 0 Å². The number of fused-ring (bicyclic) bond motifs is 1. The fourth-order valence-corrected chi connectivity index (χ4v) is 4.07. The Labute approximate surface area is 148 Å². The largest absolute Gasteiger partial charge is 0.292 e. The number of nitrogens with zero attached hydrogens (tertiary/aromatic N) is 2. The number of para-hydroxylation sites is 1. The lowest BCUT2D eigenvalue weighted by molar-refractivity contribution is 0.102. The smallest absolute Gasteiger partial charge is 0.262 e. The van der Waals surface area contributed by atoms with Crippen molar-refractivity contribution in [3.05, 3.63) is 57.0 Å². The normalized spacial score (nSPS) is 11.0. The number of unbranched alkanes of at least 4 members (excludes halogenated alkanes) is 1. The van der Waals surface area contributed by atoms with Gasteiger partial charge in [-0.15, -0.1) is 11.3 Å². The molecule has 0 atom stereocenters. The highest BCUT2D eigenvalue weighted by Crippen LogP contribution is 2.21. The third-order valence-electron chi connectivity index (χ3n) is 3.69. The van der Waals surface area contributed by atoms with Crippen molar-refractivity contribution in [1.29, 1.82) is 0 Å². The highest BCUT2D eigenvalue weighted by atomic mass is 32.2. The zero-order valence-corrected chi connectivity index (χ0v) is 15.0. The molecule has 0 fully saturated rings. The van der Waals surface area contributed by atoms with E-state index in [4.69, 9.17) is 0 Å². The average molecular weight is 358 g/mol. The number of thiophene rings is 1. The van der Waals surface area contributed by atoms with Gasteiger partial charge in [-0.25, -0.2) is 4.98 Å². The molecule has 124 valence electrons. The molecule has 0 aliphatic rings. The van der Waals surface area contributed by atoms with Crippen LogP contribution in [0.4, 0.5) is 0 Å². The van der Waals surface area contributed by atoms with Gasteiger partial charge in [0, 0.05) is 6.54 Å². The van der Waals surface area contributed by atoms with Crippen molar-refractivity contribution in [3.8, 4) is 0 Å². The Kier molecular flexibility index (Phi) is 5.48. The molecular formula is C18H18N2O2S2. The second kappa shape index (κ2) is 7.77. The summed E-state index contributed by atoms with van der Waals surface area (Å²) in [6.07, 6.45) is 1.91. The molecule has 2 aromatic heterocycles. The maximum absolute atomic E-state index is 12.8. The average Bonchev–Trinajstić information content (AvgIpc) is 3.14. The summed E-state index contributed by atoms with van der Waals surface area (Å²) in [4.78, 5) is 30.3. The molecular weight excluding hydrogens is 340 g/mol. The molecule has 24 heavy (non-hydrogen) atoms. The van der Waals surface area contributed by atoms with E-state index in [0.717, 1.165) is 17.7 Å². The van der Waals surface area contributed by atoms with Crippen LogP contribution >= 0.6 is 23.1 Å². The third kappa shape index (κ3) is 3.60. The van der Waals surface area contributed by atoms with E-state index in [-0.39, 0.29) is 17.1 Å². The minimum atomic E-state index is -0.0277. The number of Topliss-reactive ketones (excluding diaryl/α,β-unsaturated/α-hetero) is 1. The number of aromatic nitrogens is 2. The van der Waals surface area contributed by atoms with E-state index >= 15 is 0 Å². The van der Waals surface area contributed by atoms with Gasteiger partial charge < -0.3 is 0 Å². The zero-order chi connectivity index (χ0) is 16.9. The summed E-state index contributed by atoms with van der Waals surface area (Å²) in [5.41, 5.74) is 0.654. The molecule has 0 spiro atoms. The summed E-state index contributed by atoms with van der Waals surface area (Å²) in [6.45, 7) is 2.72. The molecule has 1 aromatic carbocycles. The number of rotatable bonds is 7. The Morgan fingerprint density at radius 1 is 1.25 bits per heavy atom. The van der Waals surface area contributed by atoms with Gasteiger partial charge in [-0.2, -0.15) is 0 Å². The first-order valence-corrected chi connectivity index (χ1v) is 9.76. The molecule has 4 nitrogen and oxygen atoms in total. The van der Waals surface area contributed by atoms with Crippen LogP contribution in [0, 0.1) is 0 Å². The molecule has 6 heteroatoms. The molecule has 0 amide bonds. The maximum atomic E-state index is 12.8. The molecule has 3 rings (SSSR count). The first-order chi connectivity index (χ1) is 11.7. The lowest BCUT2D eigenvalue weighted by atomic mass is 10.2. The van der Waals surface area contributed by atoms with Crippen LogP contribution in [0.2, 0.25) is 0 Å². The van der Waals surface area contributed by atoms with Gasteiger partial charge in [-0.1, -0.05) is 43.3 Å². The van der Waals surface area contributed by atoms with Crippen molar-refractivity contribution in [2.45, 2.75) is 31.5 Å². The van der Waals surface area contributed by atoms with Crippen LogP contribution in [-0.2, 0) is 6.54 Å². The van der Waals surface area contributed by atoms with E-state index in [1.54, 1.807) is 10.6 Å². The fourth-order valence-electron chi connectivity index (χ4n) is 2.41. The minimum Gasteiger partial charge on any atom is -0.292 e. The molecule has 2 heterocycles. The Morgan fingerprint density at radius 2 is 2.08 bits per heavy atom. The Bertz CT molecular complexity index is 901. The molecule has 0 saturated carbocycles. The van der Waals surface area contributed by atoms with Crippen LogP contribution in [0.5, 0.6) is 0 Å². The van der Waals surface area contributed by atoms with Crippen LogP contribution in [0.1, 0.15) is 29.4 Å². The number of carbonyl (C=O) groups excluding carboxylic acids is 1. The van der Waals surface area contributed by atoms with Crippen molar-refractivity contribution in [2.75, 3.05) is 5.75 Å². The van der Waals surface area contributed by atoms with Crippen molar-refractivity contribution in [2.24, 2.45) is 0 Å². The lowest BCUT2D eigenvalue weighted by Gasteiger charge is -2.12. The van der Waals surface area contributed by atoms with E-state index in [0.29, 0.717) is 22.6 Å². The quantitative estimate of drug-likeness (QED) is 0.360. The second-order valence-corrected chi connectivity index (χ2v) is 7.30. The van der Waals surface area contributed by atoms with Gasteiger partial charge in [0.25, 0.3) is 5.56 Å². The van der Waals surface area contributed by atoms with Crippen LogP contribution in [0.3, 0.4) is 0 Å². The molecule has 0 saturated heterocycles. The molecule has 0 N–H and O–H groups in total. The van der Waals surface area contributed by atoms with E-state index in [2.05, 4.69) is 11.9 Å². The van der Waals surface area contributed by atoms with Gasteiger partial charge in [0.2, 0.25) is 0 Å². The van der Waals surface area contributed by atoms with Crippen molar-refractivity contribution in [1.82, 2.24) is 9.55 Å². The van der Waals surface area contributed by atoms with Crippen LogP contribution in [-0.4, -0.2) is 21.1 Å². The van der Waals surface area contributed by atoms with E-state index in [1.807, 2.05) is 35.7 Å². The Morgan fingerprint density at radius 3 is 2.83 bits per heavy atom. The highest BCUT2D eigenvalue weighted by Gasteiger charge is 2.14. The molecule has 0 aliphatic carbocycles. The summed E-state index contributed by atoms with van der Waals surface area (Å²) < 4.78 is 1.71. The van der Waals surface area contributed by atoms with Crippen LogP contribution in [0.15, 0.2) is 51.7 Å². The monoisotopic (exact) mass is 358 g/mol. The lowest BCUT2D eigenvalue weighted by Crippen LogP contribution is -2.23. The summed E-state index contributed by atoms with van der Waals surface area (Å²) >= 11 is 2.78. The minimum absolute atomic E-state index is 0.0277. The summed E-state index contributed by atoms with van der Waals surface area (Å²) in [6, 6.07) is 11.1. The Hall–Kier alpha value is -1.92. The zero-order valence-electron chi connectivity index (χ0n) is 13.4. The highest BCUT2D eigenvalue weighted by molar-refractivity contribution is 7.99. The van der Waals surface area contributed by atoms with Gasteiger partial charge >= 0.3 is 0 Å². The number of carbonyl (C=O) groups is 1. The first kappa shape index (κ1) is 16.9. The predicted molar refractivity (Wildman–Crippen MR) is 100 cm³/mol. The first-order valence-electron chi connectivity index (χ1n) is 7.89. The summed E-state index contributed by atoms with van der Waals surface area (Å²) in [5.74, 6) is 0.358. The van der Waals surface area contributed by atoms with E-state index in [9.17, 15) is 9.59 Å². The van der Waals surface area contributed by atoms with E-state index < -0.39 is 0 Å². The fraction of sp³-hybridized carbons (Fsp3) is 0.278. The number of benzene rings is 1. The predicted octanol–water partition coefficient (Wildman–Crippen LogP) is 4.23. The van der Waals surface area contributed by atoms with Crippen molar-refractivity contribution in [3.63, 3.8) is 0 Å². The summed E-state index contributed by atoms with van der Waals surface area (Å²) in [7, 11) is 0. The molecule has 0 unspecified atom stereocenters. The molecule has 0 radical (unpaired) electrons. The van der Waals surface area contributed by atoms with Crippen LogP contribution in [0.25, 0.3) is 10.9 Å². The third-order valence-corrected chi connectivity index (χ3v) is 5.58. The Balaban J connectivity index is 1.92. The SMILES string of the molecule is CCCCn1c(SCC(=O)c2cccs2)nc2ccccc2c1=O. The van der Waals surface area contributed by atoms with Crippen LogP contribution < -0.4 is 5.56 Å². The maximum Gasteiger partial charge on any atom is 0.262 e.